The van der Waals surface area contributed by atoms with E-state index in [4.69, 9.17) is 14.2 Å². The van der Waals surface area contributed by atoms with Gasteiger partial charge in [-0.3, -0.25) is 0 Å². The van der Waals surface area contributed by atoms with Crippen molar-refractivity contribution in [3.8, 4) is 11.1 Å². The maximum atomic E-state index is 11.9. The molecule has 28 heavy (non-hydrogen) atoms. The minimum absolute atomic E-state index is 0.0305. The Hall–Kier alpha value is -2.46. The molecule has 1 aliphatic rings. The molecule has 2 aromatic carbocycles. The first-order valence-electron chi connectivity index (χ1n) is 8.62. The molecule has 0 saturated heterocycles. The molecular weight excluding hydrogens is 384 g/mol. The highest BCUT2D eigenvalue weighted by molar-refractivity contribution is 7.88. The summed E-state index contributed by atoms with van der Waals surface area (Å²) < 4.78 is 42.6. The predicted octanol–water partition coefficient (Wildman–Crippen LogP) is 1.94. The first-order chi connectivity index (χ1) is 13.4. The lowest BCUT2D eigenvalue weighted by Gasteiger charge is -2.15. The Labute approximate surface area is 164 Å². The van der Waals surface area contributed by atoms with Gasteiger partial charge in [-0.2, -0.15) is 13.1 Å². The maximum Gasteiger partial charge on any atom is 0.422 e. The lowest BCUT2D eigenvalue weighted by atomic mass is 10.0. The van der Waals surface area contributed by atoms with Gasteiger partial charge in [0, 0.05) is 14.2 Å². The van der Waals surface area contributed by atoms with Crippen LogP contribution in [-0.2, 0) is 37.4 Å². The summed E-state index contributed by atoms with van der Waals surface area (Å²) >= 11 is 0. The smallest absolute Gasteiger partial charge is 0.422 e. The molecule has 0 fully saturated rings. The zero-order valence-electron chi connectivity index (χ0n) is 15.6. The molecule has 0 atom stereocenters. The van der Waals surface area contributed by atoms with Gasteiger partial charge in [0.05, 0.1) is 6.54 Å². The summed E-state index contributed by atoms with van der Waals surface area (Å²) in [6.45, 7) is -0.183. The molecule has 0 radical (unpaired) electrons. The number of amides is 1. The van der Waals surface area contributed by atoms with Crippen LogP contribution in [0.4, 0.5) is 4.79 Å². The largest absolute Gasteiger partial charge is 0.444 e. The third-order valence-electron chi connectivity index (χ3n) is 4.49. The Balaban J connectivity index is 1.59. The molecular formula is C19H22N2O6S. The topological polar surface area (TPSA) is 103 Å². The number of carbonyl (C=O) groups is 1. The van der Waals surface area contributed by atoms with E-state index in [-0.39, 0.29) is 13.2 Å². The minimum Gasteiger partial charge on any atom is -0.444 e. The van der Waals surface area contributed by atoms with Crippen LogP contribution in [-0.4, -0.2) is 41.6 Å². The fraction of sp³-hybridized carbons (Fsp3) is 0.316. The third kappa shape index (κ3) is 4.68. The number of fused-ring (bicyclic) bond motifs is 3. The number of benzene rings is 2. The van der Waals surface area contributed by atoms with Gasteiger partial charge in [0.25, 0.3) is 0 Å². The Morgan fingerprint density at radius 3 is 2.54 bits per heavy atom. The number of ether oxygens (including phenoxy) is 3. The number of methoxy groups -OCH3 is 2. The van der Waals surface area contributed by atoms with Crippen LogP contribution < -0.4 is 9.44 Å². The van der Waals surface area contributed by atoms with Gasteiger partial charge in [-0.1, -0.05) is 42.5 Å². The fourth-order valence-corrected chi connectivity index (χ4v) is 3.82. The van der Waals surface area contributed by atoms with Crippen molar-refractivity contribution in [2.75, 3.05) is 20.8 Å². The van der Waals surface area contributed by atoms with Crippen LogP contribution in [0.2, 0.25) is 0 Å². The Bertz CT molecular complexity index is 957. The summed E-state index contributed by atoms with van der Waals surface area (Å²) in [4.78, 5) is 11.9. The van der Waals surface area contributed by atoms with E-state index in [9.17, 15) is 13.2 Å². The van der Waals surface area contributed by atoms with Crippen LogP contribution in [0, 0.1) is 0 Å². The SMILES string of the molecule is COC(CNS(=O)(=O)NC(=O)OCc1cccc2c1Cc1ccccc1-2)OC. The molecule has 8 nitrogen and oxygen atoms in total. The van der Waals surface area contributed by atoms with Crippen molar-refractivity contribution in [3.63, 3.8) is 0 Å². The van der Waals surface area contributed by atoms with E-state index in [1.807, 2.05) is 30.3 Å². The van der Waals surface area contributed by atoms with E-state index in [1.54, 1.807) is 4.72 Å². The Kier molecular flexibility index (Phi) is 6.30. The monoisotopic (exact) mass is 406 g/mol. The number of hydrogen-bond donors (Lipinski definition) is 2. The van der Waals surface area contributed by atoms with Crippen molar-refractivity contribution in [1.29, 1.82) is 0 Å². The summed E-state index contributed by atoms with van der Waals surface area (Å²) in [5.41, 5.74) is 5.42. The van der Waals surface area contributed by atoms with Gasteiger partial charge < -0.3 is 14.2 Å². The van der Waals surface area contributed by atoms with Gasteiger partial charge in [-0.05, 0) is 34.2 Å². The zero-order chi connectivity index (χ0) is 20.1. The molecule has 0 spiro atoms. The van der Waals surface area contributed by atoms with E-state index >= 15 is 0 Å². The highest BCUT2D eigenvalue weighted by Crippen LogP contribution is 2.38. The summed E-state index contributed by atoms with van der Waals surface area (Å²) in [6.07, 6.45) is -1.07. The standard InChI is InChI=1S/C19H22N2O6S/c1-25-18(26-2)11-20-28(23,24)21-19(22)27-12-14-7-5-9-16-15-8-4-3-6-13(15)10-17(14)16/h3-9,18,20H,10-12H2,1-2H3,(H,21,22). The van der Waals surface area contributed by atoms with E-state index in [2.05, 4.69) is 16.9 Å². The number of nitrogens with one attached hydrogen (secondary N) is 2. The van der Waals surface area contributed by atoms with Crippen LogP contribution in [0.15, 0.2) is 42.5 Å². The second-order valence-electron chi connectivity index (χ2n) is 6.21. The van der Waals surface area contributed by atoms with Crippen LogP contribution in [0.3, 0.4) is 0 Å². The summed E-state index contributed by atoms with van der Waals surface area (Å²) in [6, 6.07) is 13.9. The Morgan fingerprint density at radius 1 is 1.07 bits per heavy atom. The van der Waals surface area contributed by atoms with Crippen molar-refractivity contribution in [2.24, 2.45) is 0 Å². The summed E-state index contributed by atoms with van der Waals surface area (Å²) in [5.74, 6) is 0. The molecule has 0 unspecified atom stereocenters. The third-order valence-corrected chi connectivity index (χ3v) is 5.47. The molecule has 9 heteroatoms. The number of rotatable bonds is 8. The number of carbonyl (C=O) groups excluding carboxylic acids is 1. The molecule has 2 N–H and O–H groups in total. The molecule has 0 heterocycles. The fourth-order valence-electron chi connectivity index (χ4n) is 3.12. The van der Waals surface area contributed by atoms with Gasteiger partial charge in [-0.25, -0.2) is 9.52 Å². The highest BCUT2D eigenvalue weighted by atomic mass is 32.2. The zero-order valence-corrected chi connectivity index (χ0v) is 16.4. The number of hydrogen-bond acceptors (Lipinski definition) is 6. The van der Waals surface area contributed by atoms with E-state index in [0.29, 0.717) is 0 Å². The lowest BCUT2D eigenvalue weighted by molar-refractivity contribution is -0.0961. The van der Waals surface area contributed by atoms with Gasteiger partial charge >= 0.3 is 16.3 Å². The molecule has 2 aromatic rings. The van der Waals surface area contributed by atoms with Crippen molar-refractivity contribution < 1.29 is 27.4 Å². The van der Waals surface area contributed by atoms with Crippen LogP contribution in [0.5, 0.6) is 0 Å². The van der Waals surface area contributed by atoms with E-state index in [0.717, 1.165) is 23.1 Å². The van der Waals surface area contributed by atoms with Gasteiger partial charge in [0.2, 0.25) is 0 Å². The van der Waals surface area contributed by atoms with Crippen molar-refractivity contribution in [1.82, 2.24) is 9.44 Å². The quantitative estimate of drug-likeness (QED) is 0.554. The first-order valence-corrected chi connectivity index (χ1v) is 10.1. The van der Waals surface area contributed by atoms with Crippen LogP contribution >= 0.6 is 0 Å². The molecule has 0 aromatic heterocycles. The average Bonchev–Trinajstić information content (AvgIpc) is 3.06. The van der Waals surface area contributed by atoms with Gasteiger partial charge in [0.15, 0.2) is 6.29 Å². The molecule has 3 rings (SSSR count). The van der Waals surface area contributed by atoms with E-state index < -0.39 is 22.6 Å². The lowest BCUT2D eigenvalue weighted by Crippen LogP contribution is -2.44. The molecule has 0 bridgehead atoms. The predicted molar refractivity (Wildman–Crippen MR) is 103 cm³/mol. The van der Waals surface area contributed by atoms with Crippen LogP contribution in [0.25, 0.3) is 11.1 Å². The molecule has 1 amide bonds. The van der Waals surface area contributed by atoms with Gasteiger partial charge in [0.1, 0.15) is 6.61 Å². The Morgan fingerprint density at radius 2 is 1.79 bits per heavy atom. The minimum atomic E-state index is -4.09. The first kappa shape index (κ1) is 20.3. The molecule has 0 saturated carbocycles. The van der Waals surface area contributed by atoms with Gasteiger partial charge in [-0.15, -0.1) is 0 Å². The van der Waals surface area contributed by atoms with Crippen molar-refractivity contribution in [3.05, 3.63) is 59.2 Å². The summed E-state index contributed by atoms with van der Waals surface area (Å²) in [5, 5.41) is 0. The maximum absolute atomic E-state index is 11.9. The average molecular weight is 406 g/mol. The van der Waals surface area contributed by atoms with Crippen molar-refractivity contribution >= 4 is 16.3 Å². The molecule has 0 aliphatic heterocycles. The molecule has 150 valence electrons. The molecule has 1 aliphatic carbocycles. The summed E-state index contributed by atoms with van der Waals surface area (Å²) in [7, 11) is -1.34. The second kappa shape index (κ2) is 8.70. The highest BCUT2D eigenvalue weighted by Gasteiger charge is 2.22. The van der Waals surface area contributed by atoms with E-state index in [1.165, 1.54) is 25.3 Å². The van der Waals surface area contributed by atoms with Crippen molar-refractivity contribution in [2.45, 2.75) is 19.3 Å². The normalized spacial score (nSPS) is 12.5. The van der Waals surface area contributed by atoms with Crippen LogP contribution in [0.1, 0.15) is 16.7 Å². The second-order valence-corrected chi connectivity index (χ2v) is 7.71.